The van der Waals surface area contributed by atoms with Gasteiger partial charge in [0.25, 0.3) is 5.56 Å². The molecular formula is C12H8ClFN2O3S. The highest BCUT2D eigenvalue weighted by Gasteiger charge is 2.10. The molecule has 5 nitrogen and oxygen atoms in total. The summed E-state index contributed by atoms with van der Waals surface area (Å²) in [5.74, 6) is -1.91. The number of carbonyl (C=O) groups is 1. The lowest BCUT2D eigenvalue weighted by Crippen LogP contribution is -2.13. The molecule has 0 radical (unpaired) electrons. The van der Waals surface area contributed by atoms with E-state index in [9.17, 15) is 14.0 Å². The number of hydrogen-bond donors (Lipinski definition) is 1. The lowest BCUT2D eigenvalue weighted by molar-refractivity contribution is -0.133. The third kappa shape index (κ3) is 3.37. The number of thioether (sulfide) groups is 1. The van der Waals surface area contributed by atoms with E-state index in [0.29, 0.717) is 5.69 Å². The van der Waals surface area contributed by atoms with Crippen LogP contribution in [0.2, 0.25) is 5.02 Å². The minimum absolute atomic E-state index is 0.0255. The molecule has 1 aromatic carbocycles. The second kappa shape index (κ2) is 6.06. The first kappa shape index (κ1) is 14.5. The van der Waals surface area contributed by atoms with Gasteiger partial charge in [0.2, 0.25) is 0 Å². The number of carboxylic acid groups (broad SMARTS) is 1. The molecule has 0 saturated carbocycles. The van der Waals surface area contributed by atoms with Crippen molar-refractivity contribution in [3.05, 3.63) is 51.7 Å². The number of aliphatic carboxylic acids is 1. The second-order valence-electron chi connectivity index (χ2n) is 3.70. The molecule has 0 aliphatic carbocycles. The molecular weight excluding hydrogens is 307 g/mol. The van der Waals surface area contributed by atoms with Gasteiger partial charge in [-0.25, -0.2) is 4.39 Å². The molecule has 0 fully saturated rings. The van der Waals surface area contributed by atoms with Crippen molar-refractivity contribution in [1.29, 1.82) is 0 Å². The number of halogens is 2. The predicted molar refractivity (Wildman–Crippen MR) is 73.2 cm³/mol. The molecule has 0 bridgehead atoms. The van der Waals surface area contributed by atoms with Gasteiger partial charge >= 0.3 is 5.97 Å². The number of hydrogen-bond acceptors (Lipinski definition) is 4. The Hall–Kier alpha value is -1.86. The van der Waals surface area contributed by atoms with Gasteiger partial charge < -0.3 is 5.11 Å². The number of benzene rings is 1. The van der Waals surface area contributed by atoms with Crippen molar-refractivity contribution in [3.63, 3.8) is 0 Å². The lowest BCUT2D eigenvalue weighted by atomic mass is 10.3. The Morgan fingerprint density at radius 1 is 1.45 bits per heavy atom. The van der Waals surface area contributed by atoms with E-state index in [1.54, 1.807) is 6.07 Å². The summed E-state index contributed by atoms with van der Waals surface area (Å²) in [7, 11) is 0. The molecule has 8 heteroatoms. The summed E-state index contributed by atoms with van der Waals surface area (Å²) < 4.78 is 14.9. The summed E-state index contributed by atoms with van der Waals surface area (Å²) in [6, 6.07) is 5.30. The molecule has 0 amide bonds. The van der Waals surface area contributed by atoms with Crippen molar-refractivity contribution >= 4 is 29.3 Å². The molecule has 0 unspecified atom stereocenters. The normalized spacial score (nSPS) is 10.5. The van der Waals surface area contributed by atoms with Crippen LogP contribution < -0.4 is 5.56 Å². The van der Waals surface area contributed by atoms with Crippen LogP contribution in [0.15, 0.2) is 40.4 Å². The number of nitrogens with zero attached hydrogens (tertiary/aromatic N) is 2. The van der Waals surface area contributed by atoms with Gasteiger partial charge in [-0.15, -0.1) is 0 Å². The van der Waals surface area contributed by atoms with E-state index < -0.39 is 17.3 Å². The van der Waals surface area contributed by atoms with Gasteiger partial charge in [0.1, 0.15) is 5.82 Å². The summed E-state index contributed by atoms with van der Waals surface area (Å²) in [6.07, 6.45) is 1.40. The van der Waals surface area contributed by atoms with Gasteiger partial charge in [-0.3, -0.25) is 14.2 Å². The van der Waals surface area contributed by atoms with Gasteiger partial charge in [-0.1, -0.05) is 23.4 Å². The monoisotopic (exact) mass is 314 g/mol. The van der Waals surface area contributed by atoms with Gasteiger partial charge in [0, 0.05) is 12.3 Å². The van der Waals surface area contributed by atoms with Crippen LogP contribution in [-0.4, -0.2) is 26.4 Å². The number of rotatable bonds is 4. The van der Waals surface area contributed by atoms with E-state index in [1.165, 1.54) is 29.0 Å². The Bertz CT molecular complexity index is 720. The van der Waals surface area contributed by atoms with Crippen LogP contribution in [0.25, 0.3) is 5.69 Å². The highest BCUT2D eigenvalue weighted by Crippen LogP contribution is 2.22. The maximum absolute atomic E-state index is 13.5. The van der Waals surface area contributed by atoms with E-state index in [-0.39, 0.29) is 15.9 Å². The maximum atomic E-state index is 13.5. The largest absolute Gasteiger partial charge is 0.481 e. The highest BCUT2D eigenvalue weighted by atomic mass is 35.5. The summed E-state index contributed by atoms with van der Waals surface area (Å²) in [5.41, 5.74) is -0.101. The smallest absolute Gasteiger partial charge is 0.313 e. The van der Waals surface area contributed by atoms with Crippen LogP contribution in [0.4, 0.5) is 4.39 Å². The van der Waals surface area contributed by atoms with E-state index in [0.717, 1.165) is 11.8 Å². The Balaban J connectivity index is 2.46. The zero-order chi connectivity index (χ0) is 14.7. The Morgan fingerprint density at radius 3 is 2.85 bits per heavy atom. The van der Waals surface area contributed by atoms with Gasteiger partial charge in [0.05, 0.1) is 16.5 Å². The fourth-order valence-corrected chi connectivity index (χ4v) is 2.28. The van der Waals surface area contributed by atoms with Crippen molar-refractivity contribution in [2.75, 3.05) is 5.75 Å². The third-order valence-corrected chi connectivity index (χ3v) is 3.53. The molecule has 0 aliphatic rings. The molecule has 2 rings (SSSR count). The molecule has 0 saturated heterocycles. The molecule has 0 aliphatic heterocycles. The van der Waals surface area contributed by atoms with Gasteiger partial charge in [0.15, 0.2) is 5.16 Å². The van der Waals surface area contributed by atoms with Gasteiger partial charge in [-0.2, -0.15) is 4.98 Å². The number of aromatic nitrogens is 2. The zero-order valence-electron chi connectivity index (χ0n) is 9.92. The maximum Gasteiger partial charge on any atom is 0.313 e. The number of carboxylic acids is 1. The zero-order valence-corrected chi connectivity index (χ0v) is 11.5. The van der Waals surface area contributed by atoms with E-state index in [1.807, 2.05) is 0 Å². The highest BCUT2D eigenvalue weighted by molar-refractivity contribution is 7.99. The molecule has 20 heavy (non-hydrogen) atoms. The van der Waals surface area contributed by atoms with E-state index in [2.05, 4.69) is 4.98 Å². The quantitative estimate of drug-likeness (QED) is 0.692. The van der Waals surface area contributed by atoms with Crippen LogP contribution in [0.5, 0.6) is 0 Å². The van der Waals surface area contributed by atoms with Crippen molar-refractivity contribution < 1.29 is 14.3 Å². The second-order valence-corrected chi connectivity index (χ2v) is 5.05. The minimum atomic E-state index is -1.04. The molecule has 0 atom stereocenters. The Morgan fingerprint density at radius 2 is 2.20 bits per heavy atom. The molecule has 2 aromatic rings. The molecule has 1 heterocycles. The van der Waals surface area contributed by atoms with E-state index >= 15 is 0 Å². The Labute approximate surface area is 122 Å². The first-order chi connectivity index (χ1) is 9.47. The molecule has 104 valence electrons. The van der Waals surface area contributed by atoms with Crippen LogP contribution in [0.1, 0.15) is 0 Å². The summed E-state index contributed by atoms with van der Waals surface area (Å²) in [6.45, 7) is 0. The third-order valence-electron chi connectivity index (χ3n) is 2.28. The first-order valence-electron chi connectivity index (χ1n) is 5.37. The predicted octanol–water partition coefficient (Wildman–Crippen LogP) is 2.20. The standard InChI is InChI=1S/C12H8ClFN2O3S/c13-8-2-1-7(5-9(8)14)16-4-3-10(17)15-12(16)20-6-11(18)19/h1-5H,6H2,(H,18,19). The summed E-state index contributed by atoms with van der Waals surface area (Å²) >= 11 is 6.47. The van der Waals surface area contributed by atoms with Crippen molar-refractivity contribution in [3.8, 4) is 5.69 Å². The van der Waals surface area contributed by atoms with Crippen LogP contribution in [0, 0.1) is 5.82 Å². The van der Waals surface area contributed by atoms with Crippen LogP contribution in [-0.2, 0) is 4.79 Å². The van der Waals surface area contributed by atoms with Crippen LogP contribution >= 0.6 is 23.4 Å². The van der Waals surface area contributed by atoms with Gasteiger partial charge in [-0.05, 0) is 18.2 Å². The lowest BCUT2D eigenvalue weighted by Gasteiger charge is -2.11. The van der Waals surface area contributed by atoms with Crippen molar-refractivity contribution in [2.45, 2.75) is 5.16 Å². The van der Waals surface area contributed by atoms with E-state index in [4.69, 9.17) is 16.7 Å². The minimum Gasteiger partial charge on any atom is -0.481 e. The first-order valence-corrected chi connectivity index (χ1v) is 6.73. The van der Waals surface area contributed by atoms with Crippen molar-refractivity contribution in [1.82, 2.24) is 9.55 Å². The molecule has 1 aromatic heterocycles. The fourth-order valence-electron chi connectivity index (χ4n) is 1.45. The molecule has 1 N–H and O–H groups in total. The fraction of sp³-hybridized carbons (Fsp3) is 0.0833. The Kier molecular flexibility index (Phi) is 4.41. The average molecular weight is 315 g/mol. The molecule has 0 spiro atoms. The summed E-state index contributed by atoms with van der Waals surface area (Å²) in [5, 5.41) is 8.82. The average Bonchev–Trinajstić information content (AvgIpc) is 2.40. The topological polar surface area (TPSA) is 72.2 Å². The van der Waals surface area contributed by atoms with Crippen LogP contribution in [0.3, 0.4) is 0 Å². The SMILES string of the molecule is O=C(O)CSc1nc(=O)ccn1-c1ccc(Cl)c(F)c1. The van der Waals surface area contributed by atoms with Crippen molar-refractivity contribution in [2.24, 2.45) is 0 Å². The summed E-state index contributed by atoms with van der Waals surface area (Å²) in [4.78, 5) is 25.6.